The highest BCUT2D eigenvalue weighted by Gasteiger charge is 2.22. The number of carbonyl (C=O) groups excluding carboxylic acids is 1. The van der Waals surface area contributed by atoms with Crippen LogP contribution in [0.4, 0.5) is 4.39 Å². The number of amides is 1. The van der Waals surface area contributed by atoms with Crippen molar-refractivity contribution < 1.29 is 9.18 Å². The van der Waals surface area contributed by atoms with Crippen LogP contribution in [0, 0.1) is 18.7 Å². The monoisotopic (exact) mass is 308 g/mol. The van der Waals surface area contributed by atoms with Crippen LogP contribution in [0.5, 0.6) is 0 Å². The normalized spacial score (nSPS) is 17.4. The third-order valence-corrected chi connectivity index (χ3v) is 4.05. The standard InChI is InChI=1S/C19H17FN2O/c1-3-13-11-18(21-22-19(13)23)15-6-4-14(5-7-15)17-9-8-16(20)10-12(17)2/h3-10,13H,1,11H2,2H3,(H,22,23)/t13-/m0/s1. The van der Waals surface area contributed by atoms with Gasteiger partial charge in [-0.3, -0.25) is 4.79 Å². The van der Waals surface area contributed by atoms with Gasteiger partial charge < -0.3 is 0 Å². The van der Waals surface area contributed by atoms with Gasteiger partial charge in [0, 0.05) is 6.42 Å². The van der Waals surface area contributed by atoms with E-state index in [1.807, 2.05) is 31.2 Å². The van der Waals surface area contributed by atoms with Crippen molar-refractivity contribution in [2.45, 2.75) is 13.3 Å². The number of aryl methyl sites for hydroxylation is 1. The van der Waals surface area contributed by atoms with Crippen LogP contribution in [0.3, 0.4) is 0 Å². The quantitative estimate of drug-likeness (QED) is 0.860. The smallest absolute Gasteiger partial charge is 0.247 e. The molecule has 0 saturated carbocycles. The summed E-state index contributed by atoms with van der Waals surface area (Å²) < 4.78 is 13.2. The minimum atomic E-state index is -0.249. The predicted molar refractivity (Wildman–Crippen MR) is 89.6 cm³/mol. The average Bonchev–Trinajstić information content (AvgIpc) is 2.56. The molecule has 2 aromatic carbocycles. The number of benzene rings is 2. The molecule has 1 N–H and O–H groups in total. The van der Waals surface area contributed by atoms with Gasteiger partial charge in [-0.25, -0.2) is 9.82 Å². The van der Waals surface area contributed by atoms with E-state index in [2.05, 4.69) is 17.1 Å². The van der Waals surface area contributed by atoms with Gasteiger partial charge in [0.1, 0.15) is 5.82 Å². The van der Waals surface area contributed by atoms with Crippen molar-refractivity contribution in [1.29, 1.82) is 0 Å². The van der Waals surface area contributed by atoms with Crippen LogP contribution in [0.15, 0.2) is 60.2 Å². The topological polar surface area (TPSA) is 41.5 Å². The van der Waals surface area contributed by atoms with E-state index in [0.717, 1.165) is 28.0 Å². The molecule has 0 aliphatic carbocycles. The first kappa shape index (κ1) is 15.2. The lowest BCUT2D eigenvalue weighted by Crippen LogP contribution is -2.33. The predicted octanol–water partition coefficient (Wildman–Crippen LogP) is 3.83. The van der Waals surface area contributed by atoms with Gasteiger partial charge in [0.15, 0.2) is 0 Å². The summed E-state index contributed by atoms with van der Waals surface area (Å²) in [5.41, 5.74) is 7.23. The van der Waals surface area contributed by atoms with Crippen LogP contribution in [-0.2, 0) is 4.79 Å². The first-order valence-electron chi connectivity index (χ1n) is 7.44. The summed E-state index contributed by atoms with van der Waals surface area (Å²) >= 11 is 0. The second kappa shape index (κ2) is 6.16. The van der Waals surface area contributed by atoms with Gasteiger partial charge in [0.05, 0.1) is 11.6 Å². The SMILES string of the molecule is C=C[C@H]1CC(c2ccc(-c3ccc(F)cc3C)cc2)=NNC1=O. The molecular weight excluding hydrogens is 291 g/mol. The molecule has 1 heterocycles. The second-order valence-electron chi connectivity index (χ2n) is 5.62. The Bertz CT molecular complexity index is 794. The van der Waals surface area contributed by atoms with Crippen molar-refractivity contribution in [3.05, 3.63) is 72.1 Å². The van der Waals surface area contributed by atoms with Crippen LogP contribution in [0.1, 0.15) is 17.5 Å². The number of nitrogens with one attached hydrogen (secondary N) is 1. The minimum absolute atomic E-state index is 0.123. The van der Waals surface area contributed by atoms with Crippen LogP contribution in [-0.4, -0.2) is 11.6 Å². The van der Waals surface area contributed by atoms with Crippen LogP contribution >= 0.6 is 0 Å². The van der Waals surface area contributed by atoms with Gasteiger partial charge in [-0.1, -0.05) is 36.4 Å². The lowest BCUT2D eigenvalue weighted by atomic mass is 9.94. The van der Waals surface area contributed by atoms with E-state index >= 15 is 0 Å². The Morgan fingerprint density at radius 3 is 2.57 bits per heavy atom. The van der Waals surface area contributed by atoms with Gasteiger partial charge in [-0.05, 0) is 41.3 Å². The van der Waals surface area contributed by atoms with E-state index in [0.29, 0.717) is 6.42 Å². The van der Waals surface area contributed by atoms with Gasteiger partial charge >= 0.3 is 0 Å². The van der Waals surface area contributed by atoms with E-state index in [4.69, 9.17) is 0 Å². The lowest BCUT2D eigenvalue weighted by Gasteiger charge is -2.18. The summed E-state index contributed by atoms with van der Waals surface area (Å²) in [4.78, 5) is 11.6. The summed E-state index contributed by atoms with van der Waals surface area (Å²) in [6.07, 6.45) is 2.19. The van der Waals surface area contributed by atoms with Crippen molar-refractivity contribution in [2.24, 2.45) is 11.0 Å². The van der Waals surface area contributed by atoms with Crippen LogP contribution in [0.25, 0.3) is 11.1 Å². The molecule has 1 atom stereocenters. The highest BCUT2D eigenvalue weighted by Crippen LogP contribution is 2.25. The first-order valence-corrected chi connectivity index (χ1v) is 7.44. The van der Waals surface area contributed by atoms with Gasteiger partial charge in [0.2, 0.25) is 5.91 Å². The highest BCUT2D eigenvalue weighted by atomic mass is 19.1. The summed E-state index contributed by atoms with van der Waals surface area (Å²) in [5.74, 6) is -0.602. The molecule has 0 spiro atoms. The Hall–Kier alpha value is -2.75. The molecule has 0 fully saturated rings. The first-order chi connectivity index (χ1) is 11.1. The summed E-state index contributed by atoms with van der Waals surface area (Å²) in [7, 11) is 0. The zero-order valence-electron chi connectivity index (χ0n) is 12.8. The Labute approximate surface area is 134 Å². The molecule has 116 valence electrons. The summed E-state index contributed by atoms with van der Waals surface area (Å²) in [6, 6.07) is 12.7. The molecule has 1 amide bonds. The number of nitrogens with zero attached hydrogens (tertiary/aromatic N) is 1. The van der Waals surface area contributed by atoms with E-state index in [-0.39, 0.29) is 17.6 Å². The van der Waals surface area contributed by atoms with Gasteiger partial charge in [-0.15, -0.1) is 6.58 Å². The maximum Gasteiger partial charge on any atom is 0.247 e. The molecule has 23 heavy (non-hydrogen) atoms. The number of hydrogen-bond acceptors (Lipinski definition) is 2. The maximum atomic E-state index is 13.2. The summed E-state index contributed by atoms with van der Waals surface area (Å²) in [6.45, 7) is 5.58. The Morgan fingerprint density at radius 2 is 1.91 bits per heavy atom. The molecule has 3 nitrogen and oxygen atoms in total. The van der Waals surface area contributed by atoms with Crippen molar-refractivity contribution in [3.8, 4) is 11.1 Å². The number of hydrazone groups is 1. The van der Waals surface area contributed by atoms with Crippen molar-refractivity contribution in [2.75, 3.05) is 0 Å². The Morgan fingerprint density at radius 1 is 1.22 bits per heavy atom. The molecule has 0 bridgehead atoms. The van der Waals surface area contributed by atoms with E-state index in [1.165, 1.54) is 12.1 Å². The zero-order chi connectivity index (χ0) is 16.4. The molecule has 0 unspecified atom stereocenters. The molecule has 4 heteroatoms. The zero-order valence-corrected chi connectivity index (χ0v) is 12.8. The number of hydrogen-bond donors (Lipinski definition) is 1. The second-order valence-corrected chi connectivity index (χ2v) is 5.62. The van der Waals surface area contributed by atoms with Crippen molar-refractivity contribution in [3.63, 3.8) is 0 Å². The van der Waals surface area contributed by atoms with Crippen molar-refractivity contribution in [1.82, 2.24) is 5.43 Å². The molecule has 0 saturated heterocycles. The fourth-order valence-electron chi connectivity index (χ4n) is 2.72. The molecule has 1 aliphatic heterocycles. The fourth-order valence-corrected chi connectivity index (χ4v) is 2.72. The van der Waals surface area contributed by atoms with E-state index < -0.39 is 0 Å². The average molecular weight is 308 g/mol. The third-order valence-electron chi connectivity index (χ3n) is 4.05. The van der Waals surface area contributed by atoms with E-state index in [1.54, 1.807) is 12.1 Å². The minimum Gasteiger partial charge on any atom is -0.272 e. The van der Waals surface area contributed by atoms with Gasteiger partial charge in [-0.2, -0.15) is 5.10 Å². The number of halogens is 1. The molecule has 2 aromatic rings. The lowest BCUT2D eigenvalue weighted by molar-refractivity contribution is -0.123. The van der Waals surface area contributed by atoms with Crippen LogP contribution < -0.4 is 5.43 Å². The molecule has 0 aromatic heterocycles. The largest absolute Gasteiger partial charge is 0.272 e. The number of carbonyl (C=O) groups is 1. The Balaban J connectivity index is 1.88. The molecule has 0 radical (unpaired) electrons. The molecule has 3 rings (SSSR count). The molecular formula is C19H17FN2O. The fraction of sp³-hybridized carbons (Fsp3) is 0.158. The summed E-state index contributed by atoms with van der Waals surface area (Å²) in [5, 5.41) is 4.13. The maximum absolute atomic E-state index is 13.2. The van der Waals surface area contributed by atoms with Crippen molar-refractivity contribution >= 4 is 11.6 Å². The highest BCUT2D eigenvalue weighted by molar-refractivity contribution is 6.05. The third kappa shape index (κ3) is 3.06. The molecule has 1 aliphatic rings. The van der Waals surface area contributed by atoms with Gasteiger partial charge in [0.25, 0.3) is 0 Å². The van der Waals surface area contributed by atoms with E-state index in [9.17, 15) is 9.18 Å². The Kier molecular flexibility index (Phi) is 4.06. The van der Waals surface area contributed by atoms with Crippen LogP contribution in [0.2, 0.25) is 0 Å². The number of rotatable bonds is 3.